The molecule has 0 saturated carbocycles. The maximum Gasteiger partial charge on any atom is 0.281 e. The van der Waals surface area contributed by atoms with E-state index in [1.54, 1.807) is 39.2 Å². The van der Waals surface area contributed by atoms with Crippen LogP contribution in [0.4, 0.5) is 5.82 Å². The largest absolute Gasteiger partial charge is 0.497 e. The van der Waals surface area contributed by atoms with Crippen LogP contribution >= 0.6 is 0 Å². The summed E-state index contributed by atoms with van der Waals surface area (Å²) in [6.45, 7) is 7.09. The number of rotatable bonds is 4. The number of methoxy groups -OCH3 is 1. The second kappa shape index (κ2) is 7.36. The molecule has 0 fully saturated rings. The minimum atomic E-state index is -0.471. The Morgan fingerprint density at radius 3 is 2.56 bits per heavy atom. The number of ether oxygens (including phenoxy) is 1. The van der Waals surface area contributed by atoms with Gasteiger partial charge in [-0.1, -0.05) is 18.7 Å². The molecule has 2 amide bonds. The number of hydrogen-bond donors (Lipinski definition) is 1. The number of anilines is 1. The van der Waals surface area contributed by atoms with Crippen molar-refractivity contribution in [3.05, 3.63) is 53.7 Å². The number of aryl methyl sites for hydroxylation is 1. The van der Waals surface area contributed by atoms with Gasteiger partial charge in [0.25, 0.3) is 11.9 Å². The molecule has 0 unspecified atom stereocenters. The average molecular weight is 365 g/mol. The standard InChI is InChI=1S/C19H19N5O3/c1-11-9-16(21-17(25)10-14-5-7-15(27-4)8-6-14)24(23-11)19-20-13(3)12(2)18(26)22-19/h5-9H,2,10H2,1,3-4H3,(H,21,25). The van der Waals surface area contributed by atoms with E-state index < -0.39 is 5.91 Å². The Bertz CT molecular complexity index is 983. The van der Waals surface area contributed by atoms with Gasteiger partial charge in [-0.25, -0.2) is 4.99 Å². The Hall–Kier alpha value is -3.55. The zero-order valence-corrected chi connectivity index (χ0v) is 15.3. The number of nitrogens with zero attached hydrogens (tertiary/aromatic N) is 4. The van der Waals surface area contributed by atoms with E-state index in [4.69, 9.17) is 4.74 Å². The lowest BCUT2D eigenvalue weighted by atomic mass is 10.1. The Kier molecular flexibility index (Phi) is 4.98. The molecule has 0 atom stereocenters. The number of aliphatic imine (C=N–C) groups is 2. The highest BCUT2D eigenvalue weighted by molar-refractivity contribution is 6.27. The summed E-state index contributed by atoms with van der Waals surface area (Å²) in [5.41, 5.74) is 2.20. The summed E-state index contributed by atoms with van der Waals surface area (Å²) in [5.74, 6) is 0.511. The SMILES string of the molecule is C=C1C(=O)N=C(n2nc(C)cc2NC(=O)Cc2ccc(OC)cc2)N=C1C. The molecule has 1 aliphatic rings. The van der Waals surface area contributed by atoms with E-state index in [2.05, 4.69) is 27.0 Å². The molecule has 0 bridgehead atoms. The average Bonchev–Trinajstić information content (AvgIpc) is 3.00. The molecular formula is C19H19N5O3. The van der Waals surface area contributed by atoms with Crippen LogP contribution in [0.25, 0.3) is 0 Å². The minimum Gasteiger partial charge on any atom is -0.497 e. The van der Waals surface area contributed by atoms with Gasteiger partial charge in [-0.3, -0.25) is 9.59 Å². The Balaban J connectivity index is 1.80. The van der Waals surface area contributed by atoms with Gasteiger partial charge in [0.05, 0.1) is 30.5 Å². The highest BCUT2D eigenvalue weighted by Gasteiger charge is 2.21. The van der Waals surface area contributed by atoms with Gasteiger partial charge < -0.3 is 10.1 Å². The van der Waals surface area contributed by atoms with E-state index >= 15 is 0 Å². The second-order valence-electron chi connectivity index (χ2n) is 6.05. The van der Waals surface area contributed by atoms with Crippen molar-refractivity contribution in [2.24, 2.45) is 9.98 Å². The quantitative estimate of drug-likeness (QED) is 0.839. The molecular weight excluding hydrogens is 346 g/mol. The molecule has 2 aromatic rings. The third kappa shape index (κ3) is 4.00. The monoisotopic (exact) mass is 365 g/mol. The van der Waals surface area contributed by atoms with E-state index in [0.717, 1.165) is 11.3 Å². The van der Waals surface area contributed by atoms with E-state index in [1.165, 1.54) is 4.68 Å². The summed E-state index contributed by atoms with van der Waals surface area (Å²) >= 11 is 0. The maximum atomic E-state index is 12.4. The molecule has 1 aliphatic heterocycles. The molecule has 27 heavy (non-hydrogen) atoms. The Morgan fingerprint density at radius 1 is 1.22 bits per heavy atom. The predicted octanol–water partition coefficient (Wildman–Crippen LogP) is 2.14. The van der Waals surface area contributed by atoms with Crippen molar-refractivity contribution in [3.63, 3.8) is 0 Å². The van der Waals surface area contributed by atoms with Gasteiger partial charge in [0, 0.05) is 6.07 Å². The number of carbonyl (C=O) groups is 2. The van der Waals surface area contributed by atoms with E-state index in [1.807, 2.05) is 12.1 Å². The van der Waals surface area contributed by atoms with Gasteiger partial charge >= 0.3 is 0 Å². The third-order valence-corrected chi connectivity index (χ3v) is 3.98. The van der Waals surface area contributed by atoms with Crippen LogP contribution < -0.4 is 10.1 Å². The predicted molar refractivity (Wildman–Crippen MR) is 102 cm³/mol. The van der Waals surface area contributed by atoms with Gasteiger partial charge in [0.1, 0.15) is 11.6 Å². The van der Waals surface area contributed by atoms with Crippen LogP contribution in [0.2, 0.25) is 0 Å². The summed E-state index contributed by atoms with van der Waals surface area (Å²) in [6.07, 6.45) is 0.179. The van der Waals surface area contributed by atoms with Crippen molar-refractivity contribution in [2.45, 2.75) is 20.3 Å². The molecule has 8 nitrogen and oxygen atoms in total. The summed E-state index contributed by atoms with van der Waals surface area (Å²) in [6, 6.07) is 8.93. The maximum absolute atomic E-state index is 12.4. The Labute approximate surface area is 156 Å². The van der Waals surface area contributed by atoms with Crippen LogP contribution in [-0.4, -0.2) is 40.4 Å². The molecule has 0 spiro atoms. The smallest absolute Gasteiger partial charge is 0.281 e. The van der Waals surface area contributed by atoms with E-state index in [-0.39, 0.29) is 23.9 Å². The van der Waals surface area contributed by atoms with Crippen LogP contribution in [0.15, 0.2) is 52.5 Å². The van der Waals surface area contributed by atoms with Crippen molar-refractivity contribution in [3.8, 4) is 5.75 Å². The third-order valence-electron chi connectivity index (χ3n) is 3.98. The number of hydrogen-bond acceptors (Lipinski definition) is 5. The molecule has 3 rings (SSSR count). The summed E-state index contributed by atoms with van der Waals surface area (Å²) in [5, 5.41) is 7.07. The van der Waals surface area contributed by atoms with Crippen molar-refractivity contribution in [1.82, 2.24) is 9.78 Å². The van der Waals surface area contributed by atoms with Crippen molar-refractivity contribution >= 4 is 29.3 Å². The summed E-state index contributed by atoms with van der Waals surface area (Å²) < 4.78 is 6.45. The van der Waals surface area contributed by atoms with Gasteiger partial charge in [0.15, 0.2) is 0 Å². The number of benzene rings is 1. The fourth-order valence-corrected chi connectivity index (χ4v) is 2.51. The first-order chi connectivity index (χ1) is 12.9. The first-order valence-electron chi connectivity index (χ1n) is 8.25. The lowest BCUT2D eigenvalue weighted by Gasteiger charge is -2.12. The molecule has 8 heteroatoms. The molecule has 1 aromatic heterocycles. The first-order valence-corrected chi connectivity index (χ1v) is 8.25. The molecule has 0 aliphatic carbocycles. The fraction of sp³-hybridized carbons (Fsp3) is 0.211. The van der Waals surface area contributed by atoms with Gasteiger partial charge in [-0.2, -0.15) is 14.8 Å². The summed E-state index contributed by atoms with van der Waals surface area (Å²) in [4.78, 5) is 32.5. The minimum absolute atomic E-state index is 0.0951. The molecule has 2 heterocycles. The molecule has 0 radical (unpaired) electrons. The lowest BCUT2D eigenvalue weighted by Crippen LogP contribution is -2.25. The molecule has 138 valence electrons. The van der Waals surface area contributed by atoms with Crippen LogP contribution in [0, 0.1) is 6.92 Å². The topological polar surface area (TPSA) is 97.9 Å². The lowest BCUT2D eigenvalue weighted by molar-refractivity contribution is -0.115. The number of nitrogens with one attached hydrogen (secondary N) is 1. The zero-order chi connectivity index (χ0) is 19.6. The number of aromatic nitrogens is 2. The van der Waals surface area contributed by atoms with Crippen LogP contribution in [0.3, 0.4) is 0 Å². The normalized spacial score (nSPS) is 13.9. The zero-order valence-electron chi connectivity index (χ0n) is 15.3. The van der Waals surface area contributed by atoms with Gasteiger partial charge in [-0.05, 0) is 31.5 Å². The van der Waals surface area contributed by atoms with Crippen molar-refractivity contribution < 1.29 is 14.3 Å². The van der Waals surface area contributed by atoms with Crippen molar-refractivity contribution in [1.29, 1.82) is 0 Å². The molecule has 0 saturated heterocycles. The van der Waals surface area contributed by atoms with Gasteiger partial charge in [-0.15, -0.1) is 0 Å². The molecule has 1 aromatic carbocycles. The summed E-state index contributed by atoms with van der Waals surface area (Å²) in [7, 11) is 1.59. The first kappa shape index (κ1) is 18.2. The number of amides is 2. The van der Waals surface area contributed by atoms with Crippen LogP contribution in [0.1, 0.15) is 18.2 Å². The highest BCUT2D eigenvalue weighted by Crippen LogP contribution is 2.16. The second-order valence-corrected chi connectivity index (χ2v) is 6.05. The Morgan fingerprint density at radius 2 is 1.93 bits per heavy atom. The van der Waals surface area contributed by atoms with Crippen LogP contribution in [0.5, 0.6) is 5.75 Å². The highest BCUT2D eigenvalue weighted by atomic mass is 16.5. The fourth-order valence-electron chi connectivity index (χ4n) is 2.51. The van der Waals surface area contributed by atoms with E-state index in [9.17, 15) is 9.59 Å². The van der Waals surface area contributed by atoms with Crippen LogP contribution in [-0.2, 0) is 16.0 Å². The number of carbonyl (C=O) groups excluding carboxylic acids is 2. The van der Waals surface area contributed by atoms with Crippen molar-refractivity contribution in [2.75, 3.05) is 12.4 Å². The van der Waals surface area contributed by atoms with Gasteiger partial charge in [0.2, 0.25) is 5.91 Å². The molecule has 1 N–H and O–H groups in total. The van der Waals surface area contributed by atoms with E-state index in [0.29, 0.717) is 17.2 Å².